The fraction of sp³-hybridized carbons (Fsp3) is 0.333. The Labute approximate surface area is 118 Å². The summed E-state index contributed by atoms with van der Waals surface area (Å²) in [4.78, 5) is 11.6. The van der Waals surface area contributed by atoms with Crippen LogP contribution in [0.2, 0.25) is 0 Å². The van der Waals surface area contributed by atoms with Crippen molar-refractivity contribution in [2.24, 2.45) is 0 Å². The standard InChI is InChI=1S/C15H19N3O2/c1-12-10-14(18-20-12)17-11-15(19)16-9-5-8-13-6-3-2-4-7-13/h2-4,6-7,10H,5,8-9,11H2,1H3,(H,16,19)(H,17,18). The predicted octanol–water partition coefficient (Wildman–Crippen LogP) is 2.14. The minimum atomic E-state index is -0.0429. The second kappa shape index (κ2) is 7.33. The number of amides is 1. The summed E-state index contributed by atoms with van der Waals surface area (Å²) in [6.45, 7) is 2.69. The van der Waals surface area contributed by atoms with E-state index in [1.54, 1.807) is 6.07 Å². The van der Waals surface area contributed by atoms with Crippen LogP contribution < -0.4 is 10.6 Å². The molecule has 0 aliphatic rings. The summed E-state index contributed by atoms with van der Waals surface area (Å²) in [6, 6.07) is 12.0. The molecule has 1 aromatic carbocycles. The Morgan fingerprint density at radius 2 is 2.10 bits per heavy atom. The maximum atomic E-state index is 11.6. The highest BCUT2D eigenvalue weighted by molar-refractivity contribution is 5.80. The molecule has 0 fully saturated rings. The number of carbonyl (C=O) groups is 1. The first kappa shape index (κ1) is 14.1. The molecule has 5 heteroatoms. The maximum Gasteiger partial charge on any atom is 0.239 e. The summed E-state index contributed by atoms with van der Waals surface area (Å²) in [5, 5.41) is 9.53. The van der Waals surface area contributed by atoms with Crippen molar-refractivity contribution in [1.82, 2.24) is 10.5 Å². The van der Waals surface area contributed by atoms with Gasteiger partial charge in [-0.25, -0.2) is 0 Å². The van der Waals surface area contributed by atoms with Crippen molar-refractivity contribution < 1.29 is 9.32 Å². The van der Waals surface area contributed by atoms with E-state index in [9.17, 15) is 4.79 Å². The van der Waals surface area contributed by atoms with Gasteiger partial charge in [-0.2, -0.15) is 0 Å². The highest BCUT2D eigenvalue weighted by Crippen LogP contribution is 2.06. The summed E-state index contributed by atoms with van der Waals surface area (Å²) in [7, 11) is 0. The number of benzene rings is 1. The zero-order chi connectivity index (χ0) is 14.2. The van der Waals surface area contributed by atoms with E-state index < -0.39 is 0 Å². The highest BCUT2D eigenvalue weighted by atomic mass is 16.5. The highest BCUT2D eigenvalue weighted by Gasteiger charge is 2.03. The van der Waals surface area contributed by atoms with Gasteiger partial charge < -0.3 is 15.2 Å². The molecular formula is C15H19N3O2. The third-order valence-corrected chi connectivity index (χ3v) is 2.87. The van der Waals surface area contributed by atoms with Crippen molar-refractivity contribution in [2.45, 2.75) is 19.8 Å². The van der Waals surface area contributed by atoms with Crippen LogP contribution in [0.5, 0.6) is 0 Å². The molecule has 0 aliphatic carbocycles. The van der Waals surface area contributed by atoms with E-state index in [1.807, 2.05) is 25.1 Å². The zero-order valence-corrected chi connectivity index (χ0v) is 11.6. The Balaban J connectivity index is 1.58. The van der Waals surface area contributed by atoms with Crippen LogP contribution in [-0.4, -0.2) is 24.2 Å². The summed E-state index contributed by atoms with van der Waals surface area (Å²) in [5.74, 6) is 1.26. The van der Waals surface area contributed by atoms with Crippen LogP contribution in [0.4, 0.5) is 5.82 Å². The lowest BCUT2D eigenvalue weighted by Crippen LogP contribution is -2.30. The molecule has 0 atom stereocenters. The van der Waals surface area contributed by atoms with Gasteiger partial charge in [0.2, 0.25) is 5.91 Å². The smallest absolute Gasteiger partial charge is 0.239 e. The number of hydrogen-bond donors (Lipinski definition) is 2. The maximum absolute atomic E-state index is 11.6. The Morgan fingerprint density at radius 3 is 2.80 bits per heavy atom. The zero-order valence-electron chi connectivity index (χ0n) is 11.6. The van der Waals surface area contributed by atoms with Gasteiger partial charge in [0.1, 0.15) is 5.76 Å². The molecule has 1 aromatic heterocycles. The number of anilines is 1. The van der Waals surface area contributed by atoms with Crippen molar-refractivity contribution in [3.63, 3.8) is 0 Å². The molecule has 0 saturated carbocycles. The second-order valence-electron chi connectivity index (χ2n) is 4.62. The van der Waals surface area contributed by atoms with Gasteiger partial charge in [0.25, 0.3) is 0 Å². The van der Waals surface area contributed by atoms with Crippen molar-refractivity contribution in [3.8, 4) is 0 Å². The van der Waals surface area contributed by atoms with Crippen molar-refractivity contribution in [3.05, 3.63) is 47.7 Å². The molecule has 106 valence electrons. The number of aromatic nitrogens is 1. The molecule has 0 unspecified atom stereocenters. The molecule has 1 heterocycles. The summed E-state index contributed by atoms with van der Waals surface area (Å²) in [5.41, 5.74) is 1.29. The third kappa shape index (κ3) is 4.76. The molecule has 2 rings (SSSR count). The van der Waals surface area contributed by atoms with Crippen molar-refractivity contribution in [2.75, 3.05) is 18.4 Å². The Hall–Kier alpha value is -2.30. The molecule has 0 spiro atoms. The van der Waals surface area contributed by atoms with Gasteiger partial charge in [-0.3, -0.25) is 4.79 Å². The van der Waals surface area contributed by atoms with Gasteiger partial charge in [0.15, 0.2) is 5.82 Å². The molecule has 1 amide bonds. The average Bonchev–Trinajstić information content (AvgIpc) is 2.88. The Kier molecular flexibility index (Phi) is 5.17. The van der Waals surface area contributed by atoms with E-state index in [0.717, 1.165) is 18.6 Å². The van der Waals surface area contributed by atoms with E-state index in [1.165, 1.54) is 5.56 Å². The molecule has 2 N–H and O–H groups in total. The average molecular weight is 273 g/mol. The first-order chi connectivity index (χ1) is 9.74. The normalized spacial score (nSPS) is 10.2. The summed E-state index contributed by atoms with van der Waals surface area (Å²) >= 11 is 0. The fourth-order valence-corrected chi connectivity index (χ4v) is 1.85. The Bertz CT molecular complexity index is 537. The van der Waals surface area contributed by atoms with Crippen LogP contribution in [0.15, 0.2) is 40.9 Å². The molecular weight excluding hydrogens is 254 g/mol. The van der Waals surface area contributed by atoms with Crippen LogP contribution in [0, 0.1) is 6.92 Å². The van der Waals surface area contributed by atoms with Gasteiger partial charge in [0.05, 0.1) is 6.54 Å². The van der Waals surface area contributed by atoms with Crippen LogP contribution in [0.25, 0.3) is 0 Å². The van der Waals surface area contributed by atoms with Crippen LogP contribution >= 0.6 is 0 Å². The van der Waals surface area contributed by atoms with Crippen LogP contribution in [0.1, 0.15) is 17.7 Å². The van der Waals surface area contributed by atoms with E-state index in [-0.39, 0.29) is 12.5 Å². The minimum Gasteiger partial charge on any atom is -0.360 e. The SMILES string of the molecule is Cc1cc(NCC(=O)NCCCc2ccccc2)no1. The van der Waals surface area contributed by atoms with Gasteiger partial charge >= 0.3 is 0 Å². The number of aryl methyl sites for hydroxylation is 2. The Morgan fingerprint density at radius 1 is 1.30 bits per heavy atom. The molecule has 20 heavy (non-hydrogen) atoms. The number of hydrogen-bond acceptors (Lipinski definition) is 4. The summed E-state index contributed by atoms with van der Waals surface area (Å²) in [6.07, 6.45) is 1.90. The van der Waals surface area contributed by atoms with E-state index in [4.69, 9.17) is 4.52 Å². The number of carbonyl (C=O) groups excluding carboxylic acids is 1. The molecule has 2 aromatic rings. The number of rotatable bonds is 7. The van der Waals surface area contributed by atoms with Gasteiger partial charge in [-0.05, 0) is 25.3 Å². The lowest BCUT2D eigenvalue weighted by Gasteiger charge is -2.05. The quantitative estimate of drug-likeness (QED) is 0.758. The predicted molar refractivity (Wildman–Crippen MR) is 77.5 cm³/mol. The third-order valence-electron chi connectivity index (χ3n) is 2.87. The van der Waals surface area contributed by atoms with Crippen LogP contribution in [-0.2, 0) is 11.2 Å². The van der Waals surface area contributed by atoms with E-state index in [0.29, 0.717) is 12.4 Å². The van der Waals surface area contributed by atoms with Crippen LogP contribution in [0.3, 0.4) is 0 Å². The molecule has 5 nitrogen and oxygen atoms in total. The summed E-state index contributed by atoms with van der Waals surface area (Å²) < 4.78 is 4.90. The largest absolute Gasteiger partial charge is 0.360 e. The minimum absolute atomic E-state index is 0.0429. The van der Waals surface area contributed by atoms with Crippen molar-refractivity contribution >= 4 is 11.7 Å². The van der Waals surface area contributed by atoms with E-state index in [2.05, 4.69) is 27.9 Å². The molecule has 0 saturated heterocycles. The fourth-order valence-electron chi connectivity index (χ4n) is 1.85. The van der Waals surface area contributed by atoms with Gasteiger partial charge in [-0.1, -0.05) is 35.5 Å². The molecule has 0 aliphatic heterocycles. The van der Waals surface area contributed by atoms with Crippen molar-refractivity contribution in [1.29, 1.82) is 0 Å². The molecule has 0 radical (unpaired) electrons. The van der Waals surface area contributed by atoms with E-state index >= 15 is 0 Å². The molecule has 0 bridgehead atoms. The van der Waals surface area contributed by atoms with Gasteiger partial charge in [0, 0.05) is 12.6 Å². The first-order valence-electron chi connectivity index (χ1n) is 6.72. The topological polar surface area (TPSA) is 67.2 Å². The number of nitrogens with zero attached hydrogens (tertiary/aromatic N) is 1. The lowest BCUT2D eigenvalue weighted by atomic mass is 10.1. The first-order valence-corrected chi connectivity index (χ1v) is 6.72. The monoisotopic (exact) mass is 273 g/mol. The van der Waals surface area contributed by atoms with Gasteiger partial charge in [-0.15, -0.1) is 0 Å². The lowest BCUT2D eigenvalue weighted by molar-refractivity contribution is -0.119. The second-order valence-corrected chi connectivity index (χ2v) is 4.62. The number of nitrogens with one attached hydrogen (secondary N) is 2.